The second-order valence-electron chi connectivity index (χ2n) is 8.43. The van der Waals surface area contributed by atoms with Crippen molar-refractivity contribution in [2.45, 2.75) is 37.3 Å². The Morgan fingerprint density at radius 1 is 1.11 bits per heavy atom. The fourth-order valence-corrected chi connectivity index (χ4v) is 5.61. The Morgan fingerprint density at radius 2 is 1.80 bits per heavy atom. The Hall–Kier alpha value is -3.21. The molecule has 0 bridgehead atoms. The number of rotatable bonds is 9. The van der Waals surface area contributed by atoms with Gasteiger partial charge in [-0.05, 0) is 44.0 Å². The highest BCUT2D eigenvalue weighted by Crippen LogP contribution is 2.31. The van der Waals surface area contributed by atoms with Gasteiger partial charge in [0.05, 0.1) is 30.7 Å². The number of aromatic amines is 1. The van der Waals surface area contributed by atoms with Gasteiger partial charge < -0.3 is 19.2 Å². The fraction of sp³-hybridized carbons (Fsp3) is 0.360. The summed E-state index contributed by atoms with van der Waals surface area (Å²) in [4.78, 5) is 27.4. The summed E-state index contributed by atoms with van der Waals surface area (Å²) in [5.41, 5.74) is 0.852. The van der Waals surface area contributed by atoms with E-state index in [1.54, 1.807) is 18.2 Å². The summed E-state index contributed by atoms with van der Waals surface area (Å²) in [6.07, 6.45) is 1.33. The number of H-pyrrole nitrogens is 1. The summed E-state index contributed by atoms with van der Waals surface area (Å²) in [5, 5.41) is 0.678. The molecule has 2 heterocycles. The molecule has 1 saturated heterocycles. The van der Waals surface area contributed by atoms with Crippen LogP contribution in [0.25, 0.3) is 10.9 Å². The molecule has 186 valence electrons. The van der Waals surface area contributed by atoms with Crippen molar-refractivity contribution in [2.24, 2.45) is 0 Å². The number of carbonyl (C=O) groups is 1. The molecule has 1 atom stereocenters. The monoisotopic (exact) mass is 500 g/mol. The fourth-order valence-electron chi connectivity index (χ4n) is 4.16. The minimum absolute atomic E-state index is 0.0455. The normalized spacial score (nSPS) is 16.1. The SMILES string of the molecule is COc1cc2cc(CN(CC3CCCO3)S(=O)(=O)c3ccc(C(C)=O)cc3)c(=O)[nH]c2cc1OC. The number of pyridine rings is 1. The predicted molar refractivity (Wildman–Crippen MR) is 131 cm³/mol. The number of hydrogen-bond acceptors (Lipinski definition) is 7. The van der Waals surface area contributed by atoms with E-state index in [4.69, 9.17) is 14.2 Å². The Bertz CT molecular complexity index is 1390. The predicted octanol–water partition coefficient (Wildman–Crippen LogP) is 3.12. The minimum atomic E-state index is -3.98. The standard InChI is InChI=1S/C25H28N2O7S/c1-16(28)17-6-8-21(9-7-17)35(30,31)27(15-20-5-4-10-34-20)14-19-11-18-12-23(32-2)24(33-3)13-22(18)26-25(19)29/h6-9,11-13,20H,4-5,10,14-15H2,1-3H3,(H,26,29). The molecular formula is C25H28N2O7S. The topological polar surface area (TPSA) is 115 Å². The minimum Gasteiger partial charge on any atom is -0.493 e. The molecule has 3 aromatic rings. The van der Waals surface area contributed by atoms with Gasteiger partial charge in [-0.2, -0.15) is 4.31 Å². The highest BCUT2D eigenvalue weighted by Gasteiger charge is 2.30. The zero-order valence-corrected chi connectivity index (χ0v) is 20.7. The van der Waals surface area contributed by atoms with Crippen LogP contribution in [0.4, 0.5) is 0 Å². The smallest absolute Gasteiger partial charge is 0.252 e. The maximum Gasteiger partial charge on any atom is 0.252 e. The van der Waals surface area contributed by atoms with Crippen molar-refractivity contribution in [1.82, 2.24) is 9.29 Å². The van der Waals surface area contributed by atoms with Crippen LogP contribution in [0.2, 0.25) is 0 Å². The number of hydrogen-bond donors (Lipinski definition) is 1. The number of ketones is 1. The number of nitrogens with zero attached hydrogens (tertiary/aromatic N) is 1. The number of aromatic nitrogens is 1. The van der Waals surface area contributed by atoms with Crippen molar-refractivity contribution in [3.63, 3.8) is 0 Å². The molecule has 4 rings (SSSR count). The third-order valence-corrected chi connectivity index (χ3v) is 7.93. The summed E-state index contributed by atoms with van der Waals surface area (Å²) in [5.74, 6) is 0.812. The van der Waals surface area contributed by atoms with Crippen LogP contribution in [0.1, 0.15) is 35.7 Å². The van der Waals surface area contributed by atoms with E-state index in [9.17, 15) is 18.0 Å². The Morgan fingerprint density at radius 3 is 2.40 bits per heavy atom. The van der Waals surface area contributed by atoms with Crippen LogP contribution in [-0.4, -0.2) is 57.0 Å². The molecule has 0 spiro atoms. The van der Waals surface area contributed by atoms with Crippen LogP contribution in [0.3, 0.4) is 0 Å². The first-order valence-corrected chi connectivity index (χ1v) is 12.7. The van der Waals surface area contributed by atoms with Crippen molar-refractivity contribution in [1.29, 1.82) is 0 Å². The summed E-state index contributed by atoms with van der Waals surface area (Å²) < 4.78 is 44.8. The van der Waals surface area contributed by atoms with Crippen LogP contribution in [0, 0.1) is 0 Å². The molecule has 0 amide bonds. The van der Waals surface area contributed by atoms with Gasteiger partial charge >= 0.3 is 0 Å². The number of Topliss-reactive ketones (excluding diaryl/α,β-unsaturated/α-hetero) is 1. The first-order valence-electron chi connectivity index (χ1n) is 11.2. The van der Waals surface area contributed by atoms with Crippen LogP contribution < -0.4 is 15.0 Å². The van der Waals surface area contributed by atoms with E-state index in [0.29, 0.717) is 34.6 Å². The van der Waals surface area contributed by atoms with E-state index in [0.717, 1.165) is 12.8 Å². The van der Waals surface area contributed by atoms with Crippen molar-refractivity contribution < 1.29 is 27.4 Å². The molecular weight excluding hydrogens is 472 g/mol. The van der Waals surface area contributed by atoms with Gasteiger partial charge in [0.25, 0.3) is 5.56 Å². The highest BCUT2D eigenvalue weighted by atomic mass is 32.2. The van der Waals surface area contributed by atoms with E-state index >= 15 is 0 Å². The number of benzene rings is 2. The molecule has 1 aliphatic rings. The van der Waals surface area contributed by atoms with Crippen molar-refractivity contribution in [3.8, 4) is 11.5 Å². The average molecular weight is 501 g/mol. The number of methoxy groups -OCH3 is 2. The quantitative estimate of drug-likeness (QED) is 0.449. The van der Waals surface area contributed by atoms with Gasteiger partial charge in [0.15, 0.2) is 17.3 Å². The van der Waals surface area contributed by atoms with E-state index in [2.05, 4.69) is 4.98 Å². The number of ether oxygens (including phenoxy) is 3. The van der Waals surface area contributed by atoms with E-state index in [1.165, 1.54) is 49.7 Å². The Balaban J connectivity index is 1.73. The van der Waals surface area contributed by atoms with E-state index in [1.807, 2.05) is 0 Å². The van der Waals surface area contributed by atoms with Gasteiger partial charge in [0.1, 0.15) is 0 Å². The third-order valence-electron chi connectivity index (χ3n) is 6.10. The van der Waals surface area contributed by atoms with Crippen LogP contribution in [0.15, 0.2) is 52.2 Å². The molecule has 1 aliphatic heterocycles. The zero-order chi connectivity index (χ0) is 25.2. The lowest BCUT2D eigenvalue weighted by Crippen LogP contribution is -2.38. The van der Waals surface area contributed by atoms with Gasteiger partial charge in [0.2, 0.25) is 10.0 Å². The van der Waals surface area contributed by atoms with Crippen molar-refractivity contribution in [2.75, 3.05) is 27.4 Å². The number of nitrogens with one attached hydrogen (secondary N) is 1. The molecule has 0 aliphatic carbocycles. The van der Waals surface area contributed by atoms with E-state index < -0.39 is 15.6 Å². The van der Waals surface area contributed by atoms with E-state index in [-0.39, 0.29) is 35.4 Å². The largest absolute Gasteiger partial charge is 0.493 e. The molecule has 35 heavy (non-hydrogen) atoms. The first-order chi connectivity index (χ1) is 16.7. The van der Waals surface area contributed by atoms with Gasteiger partial charge in [-0.15, -0.1) is 0 Å². The van der Waals surface area contributed by atoms with Crippen LogP contribution in [-0.2, 0) is 21.3 Å². The number of fused-ring (bicyclic) bond motifs is 1. The third kappa shape index (κ3) is 5.24. The van der Waals surface area contributed by atoms with Crippen LogP contribution >= 0.6 is 0 Å². The molecule has 1 fully saturated rings. The summed E-state index contributed by atoms with van der Waals surface area (Å²) >= 11 is 0. The molecule has 1 N–H and O–H groups in total. The second kappa shape index (κ2) is 10.2. The Kier molecular flexibility index (Phi) is 7.25. The lowest BCUT2D eigenvalue weighted by Gasteiger charge is -2.25. The molecule has 0 radical (unpaired) electrons. The summed E-state index contributed by atoms with van der Waals surface area (Å²) in [6.45, 7) is 1.96. The zero-order valence-electron chi connectivity index (χ0n) is 19.9. The highest BCUT2D eigenvalue weighted by molar-refractivity contribution is 7.89. The van der Waals surface area contributed by atoms with Gasteiger partial charge in [0, 0.05) is 42.3 Å². The number of carbonyl (C=O) groups excluding carboxylic acids is 1. The lowest BCUT2D eigenvalue weighted by molar-refractivity contribution is 0.0925. The summed E-state index contributed by atoms with van der Waals surface area (Å²) in [7, 11) is -0.954. The van der Waals surface area contributed by atoms with Crippen molar-refractivity contribution >= 4 is 26.7 Å². The first kappa shape index (κ1) is 24.9. The summed E-state index contributed by atoms with van der Waals surface area (Å²) in [6, 6.07) is 10.9. The van der Waals surface area contributed by atoms with Gasteiger partial charge in [-0.3, -0.25) is 9.59 Å². The Labute approximate surface area is 203 Å². The lowest BCUT2D eigenvalue weighted by atomic mass is 10.1. The molecule has 1 unspecified atom stereocenters. The molecule has 2 aromatic carbocycles. The number of sulfonamides is 1. The van der Waals surface area contributed by atoms with Crippen molar-refractivity contribution in [3.05, 3.63) is 63.9 Å². The van der Waals surface area contributed by atoms with Gasteiger partial charge in [-0.25, -0.2) is 8.42 Å². The van der Waals surface area contributed by atoms with Gasteiger partial charge in [-0.1, -0.05) is 12.1 Å². The maximum atomic E-state index is 13.6. The molecule has 10 heteroatoms. The average Bonchev–Trinajstić information content (AvgIpc) is 3.36. The molecule has 1 aromatic heterocycles. The van der Waals surface area contributed by atoms with Crippen LogP contribution in [0.5, 0.6) is 11.5 Å². The second-order valence-corrected chi connectivity index (χ2v) is 10.4. The molecule has 0 saturated carbocycles. The molecule has 9 nitrogen and oxygen atoms in total. The maximum absolute atomic E-state index is 13.6.